The van der Waals surface area contributed by atoms with Crippen molar-refractivity contribution >= 4 is 11.9 Å². The molecule has 2 N–H and O–H groups in total. The van der Waals surface area contributed by atoms with E-state index in [-0.39, 0.29) is 0 Å². The van der Waals surface area contributed by atoms with Gasteiger partial charge in [-0.25, -0.2) is 0 Å². The normalized spacial score (nSPS) is 11.1. The fourth-order valence-electron chi connectivity index (χ4n) is 1.58. The Morgan fingerprint density at radius 3 is 2.16 bits per heavy atom. The van der Waals surface area contributed by atoms with Crippen LogP contribution in [0, 0.1) is 5.41 Å². The number of aryl methyl sites for hydroxylation is 1. The molecule has 0 heterocycles. The van der Waals surface area contributed by atoms with Gasteiger partial charge in [0.15, 0.2) is 0 Å². The van der Waals surface area contributed by atoms with Crippen molar-refractivity contribution in [2.45, 2.75) is 33.6 Å². The number of aliphatic carboxylic acids is 1. The molecule has 1 amide bonds. The first-order chi connectivity index (χ1) is 8.87. The number of amides is 1. The molecule has 1 aromatic carbocycles. The maximum absolute atomic E-state index is 11.7. The molecule has 0 saturated heterocycles. The van der Waals surface area contributed by atoms with E-state index < -0.39 is 17.3 Å². The SMILES string of the molecule is CCc1ccc(CCNC(=O)C(C)(C)C(=O)O)cc1. The maximum Gasteiger partial charge on any atom is 0.318 e. The summed E-state index contributed by atoms with van der Waals surface area (Å²) in [7, 11) is 0. The summed E-state index contributed by atoms with van der Waals surface area (Å²) in [6.07, 6.45) is 1.70. The number of rotatable bonds is 6. The lowest BCUT2D eigenvalue weighted by Gasteiger charge is -2.18. The zero-order valence-corrected chi connectivity index (χ0v) is 11.7. The molecule has 0 unspecified atom stereocenters. The first-order valence-corrected chi connectivity index (χ1v) is 6.47. The monoisotopic (exact) mass is 263 g/mol. The standard InChI is InChI=1S/C15H21NO3/c1-4-11-5-7-12(8-6-11)9-10-16-13(17)15(2,3)14(18)19/h5-8H,4,9-10H2,1-3H3,(H,16,17)(H,18,19). The van der Waals surface area contributed by atoms with E-state index in [9.17, 15) is 9.59 Å². The molecule has 19 heavy (non-hydrogen) atoms. The summed E-state index contributed by atoms with van der Waals surface area (Å²) in [5, 5.41) is 11.6. The van der Waals surface area contributed by atoms with E-state index in [4.69, 9.17) is 5.11 Å². The average molecular weight is 263 g/mol. The number of carbonyl (C=O) groups is 2. The van der Waals surface area contributed by atoms with Gasteiger partial charge in [0.05, 0.1) is 0 Å². The second-order valence-corrected chi connectivity index (χ2v) is 5.11. The Hall–Kier alpha value is -1.84. The average Bonchev–Trinajstić information content (AvgIpc) is 2.39. The topological polar surface area (TPSA) is 66.4 Å². The summed E-state index contributed by atoms with van der Waals surface area (Å²) >= 11 is 0. The molecule has 0 aliphatic rings. The van der Waals surface area contributed by atoms with Crippen molar-refractivity contribution in [1.82, 2.24) is 5.32 Å². The summed E-state index contributed by atoms with van der Waals surface area (Å²) in [4.78, 5) is 22.6. The molecule has 4 nitrogen and oxygen atoms in total. The second kappa shape index (κ2) is 6.36. The van der Waals surface area contributed by atoms with E-state index in [2.05, 4.69) is 24.4 Å². The van der Waals surface area contributed by atoms with Crippen molar-refractivity contribution in [1.29, 1.82) is 0 Å². The zero-order chi connectivity index (χ0) is 14.5. The van der Waals surface area contributed by atoms with Crippen molar-refractivity contribution in [3.8, 4) is 0 Å². The highest BCUT2D eigenvalue weighted by molar-refractivity contribution is 6.00. The molecule has 0 bridgehead atoms. The van der Waals surface area contributed by atoms with Crippen molar-refractivity contribution < 1.29 is 14.7 Å². The Bertz CT molecular complexity index is 449. The van der Waals surface area contributed by atoms with Crippen molar-refractivity contribution in [3.63, 3.8) is 0 Å². The summed E-state index contributed by atoms with van der Waals surface area (Å²) < 4.78 is 0. The minimum atomic E-state index is -1.38. The smallest absolute Gasteiger partial charge is 0.318 e. The minimum Gasteiger partial charge on any atom is -0.480 e. The van der Waals surface area contributed by atoms with E-state index in [0.717, 1.165) is 12.0 Å². The van der Waals surface area contributed by atoms with Crippen molar-refractivity contribution in [3.05, 3.63) is 35.4 Å². The van der Waals surface area contributed by atoms with Gasteiger partial charge >= 0.3 is 5.97 Å². The molecule has 0 radical (unpaired) electrons. The van der Waals surface area contributed by atoms with E-state index in [1.807, 2.05) is 12.1 Å². The molecule has 1 aromatic rings. The van der Waals surface area contributed by atoms with Gasteiger partial charge in [0.25, 0.3) is 0 Å². The first-order valence-electron chi connectivity index (χ1n) is 6.47. The number of hydrogen-bond acceptors (Lipinski definition) is 2. The minimum absolute atomic E-state index is 0.445. The molecule has 0 aromatic heterocycles. The van der Waals surface area contributed by atoms with Gasteiger partial charge in [-0.1, -0.05) is 31.2 Å². The number of carboxylic acids is 1. The third kappa shape index (κ3) is 4.09. The van der Waals surface area contributed by atoms with Crippen molar-refractivity contribution in [2.75, 3.05) is 6.54 Å². The van der Waals surface area contributed by atoms with Gasteiger partial charge in [0, 0.05) is 6.54 Å². The molecule has 104 valence electrons. The number of benzene rings is 1. The van der Waals surface area contributed by atoms with Crippen LogP contribution in [0.5, 0.6) is 0 Å². The number of carbonyl (C=O) groups excluding carboxylic acids is 1. The molecule has 0 aliphatic carbocycles. The van der Waals surface area contributed by atoms with Crippen LogP contribution < -0.4 is 5.32 Å². The van der Waals surface area contributed by atoms with E-state index in [1.54, 1.807) is 0 Å². The highest BCUT2D eigenvalue weighted by atomic mass is 16.4. The maximum atomic E-state index is 11.7. The van der Waals surface area contributed by atoms with Crippen LogP contribution in [0.2, 0.25) is 0 Å². The lowest BCUT2D eigenvalue weighted by molar-refractivity contribution is -0.153. The van der Waals surface area contributed by atoms with Crippen LogP contribution in [-0.2, 0) is 22.4 Å². The van der Waals surface area contributed by atoms with Gasteiger partial charge in [0.1, 0.15) is 5.41 Å². The summed E-state index contributed by atoms with van der Waals surface area (Å²) in [6.45, 7) is 5.35. The molecular weight excluding hydrogens is 242 g/mol. The fourth-order valence-corrected chi connectivity index (χ4v) is 1.58. The number of carboxylic acid groups (broad SMARTS) is 1. The first kappa shape index (κ1) is 15.2. The van der Waals surface area contributed by atoms with E-state index in [1.165, 1.54) is 19.4 Å². The largest absolute Gasteiger partial charge is 0.480 e. The Labute approximate surface area is 113 Å². The van der Waals surface area contributed by atoms with E-state index >= 15 is 0 Å². The molecule has 4 heteroatoms. The van der Waals surface area contributed by atoms with Crippen LogP contribution in [0.15, 0.2) is 24.3 Å². The number of hydrogen-bond donors (Lipinski definition) is 2. The van der Waals surface area contributed by atoms with E-state index in [0.29, 0.717) is 13.0 Å². The Morgan fingerprint density at radius 1 is 1.16 bits per heavy atom. The molecule has 0 spiro atoms. The quantitative estimate of drug-likeness (QED) is 0.772. The van der Waals surface area contributed by atoms with Gasteiger partial charge in [-0.2, -0.15) is 0 Å². The Morgan fingerprint density at radius 2 is 1.68 bits per heavy atom. The summed E-state index contributed by atoms with van der Waals surface area (Å²) in [6, 6.07) is 8.21. The third-order valence-corrected chi connectivity index (χ3v) is 3.23. The zero-order valence-electron chi connectivity index (χ0n) is 11.7. The summed E-state index contributed by atoms with van der Waals surface area (Å²) in [5.74, 6) is -1.57. The van der Waals surface area contributed by atoms with Crippen LogP contribution in [0.1, 0.15) is 31.9 Å². The highest BCUT2D eigenvalue weighted by Gasteiger charge is 2.35. The highest BCUT2D eigenvalue weighted by Crippen LogP contribution is 2.15. The van der Waals surface area contributed by atoms with Crippen LogP contribution in [-0.4, -0.2) is 23.5 Å². The summed E-state index contributed by atoms with van der Waals surface area (Å²) in [5.41, 5.74) is 1.02. The second-order valence-electron chi connectivity index (χ2n) is 5.11. The van der Waals surface area contributed by atoms with Crippen LogP contribution in [0.4, 0.5) is 0 Å². The van der Waals surface area contributed by atoms with Crippen LogP contribution in [0.3, 0.4) is 0 Å². The molecular formula is C15H21NO3. The van der Waals surface area contributed by atoms with Crippen LogP contribution in [0.25, 0.3) is 0 Å². The molecule has 1 rings (SSSR count). The molecule has 0 aliphatic heterocycles. The van der Waals surface area contributed by atoms with Crippen molar-refractivity contribution in [2.24, 2.45) is 5.41 Å². The Kier molecular flexibility index (Phi) is 5.10. The molecule has 0 atom stereocenters. The predicted octanol–water partition coefficient (Wildman–Crippen LogP) is 2.02. The van der Waals surface area contributed by atoms with Gasteiger partial charge in [0.2, 0.25) is 5.91 Å². The third-order valence-electron chi connectivity index (χ3n) is 3.23. The van der Waals surface area contributed by atoms with Gasteiger partial charge in [-0.15, -0.1) is 0 Å². The number of nitrogens with one attached hydrogen (secondary N) is 1. The Balaban J connectivity index is 2.45. The molecule has 0 saturated carbocycles. The predicted molar refractivity (Wildman–Crippen MR) is 74.0 cm³/mol. The fraction of sp³-hybridized carbons (Fsp3) is 0.467. The van der Waals surface area contributed by atoms with Gasteiger partial charge < -0.3 is 10.4 Å². The van der Waals surface area contributed by atoms with Gasteiger partial charge in [-0.3, -0.25) is 9.59 Å². The lowest BCUT2D eigenvalue weighted by Crippen LogP contribution is -2.42. The molecule has 0 fully saturated rings. The van der Waals surface area contributed by atoms with Gasteiger partial charge in [-0.05, 0) is 37.8 Å². The van der Waals surface area contributed by atoms with Crippen LogP contribution >= 0.6 is 0 Å². The lowest BCUT2D eigenvalue weighted by atomic mass is 9.92.